The van der Waals surface area contributed by atoms with Gasteiger partial charge in [-0.3, -0.25) is 0 Å². The summed E-state index contributed by atoms with van der Waals surface area (Å²) in [5, 5.41) is 13.0. The van der Waals surface area contributed by atoms with Gasteiger partial charge in [0.25, 0.3) is 0 Å². The Kier molecular flexibility index (Phi) is 4.92. The van der Waals surface area contributed by atoms with Gasteiger partial charge in [-0.05, 0) is 30.2 Å². The van der Waals surface area contributed by atoms with Gasteiger partial charge in [-0.1, -0.05) is 37.9 Å². The Labute approximate surface area is 96.3 Å². The smallest absolute Gasteiger partial charge is 0.134 e. The van der Waals surface area contributed by atoms with Crippen LogP contribution in [0, 0.1) is 5.92 Å². The molecule has 1 aromatic rings. The molecule has 0 aliphatic carbocycles. The Morgan fingerprint density at radius 3 is 2.80 bits per heavy atom. The molecule has 1 unspecified atom stereocenters. The number of phenols is 1. The molecule has 0 radical (unpaired) electrons. The van der Waals surface area contributed by atoms with Crippen LogP contribution >= 0.6 is 11.6 Å². The van der Waals surface area contributed by atoms with Crippen LogP contribution in [0.25, 0.3) is 0 Å². The van der Waals surface area contributed by atoms with Gasteiger partial charge in [0.15, 0.2) is 0 Å². The minimum Gasteiger partial charge on any atom is -0.506 e. The van der Waals surface area contributed by atoms with E-state index in [1.54, 1.807) is 12.1 Å². The topological polar surface area (TPSA) is 32.3 Å². The van der Waals surface area contributed by atoms with Crippen LogP contribution in [0.2, 0.25) is 5.02 Å². The molecular formula is C12H18ClNO. The Bertz CT molecular complexity index is 314. The van der Waals surface area contributed by atoms with E-state index in [0.717, 1.165) is 18.7 Å². The Hall–Kier alpha value is -0.730. The molecule has 0 heterocycles. The Balaban J connectivity index is 2.41. The molecule has 1 rings (SSSR count). The highest BCUT2D eigenvalue weighted by Crippen LogP contribution is 2.23. The Morgan fingerprint density at radius 2 is 2.20 bits per heavy atom. The minimum absolute atomic E-state index is 0.141. The lowest BCUT2D eigenvalue weighted by Crippen LogP contribution is -2.20. The molecule has 0 aromatic heterocycles. The van der Waals surface area contributed by atoms with E-state index in [9.17, 15) is 5.11 Å². The maximum Gasteiger partial charge on any atom is 0.134 e. The van der Waals surface area contributed by atoms with Crippen molar-refractivity contribution in [1.82, 2.24) is 5.32 Å². The molecule has 1 atom stereocenters. The average Bonchev–Trinajstić information content (AvgIpc) is 2.23. The van der Waals surface area contributed by atoms with Crippen molar-refractivity contribution in [2.45, 2.75) is 26.8 Å². The first-order valence-electron chi connectivity index (χ1n) is 5.31. The van der Waals surface area contributed by atoms with Gasteiger partial charge in [0.05, 0.1) is 5.02 Å². The van der Waals surface area contributed by atoms with Crippen molar-refractivity contribution in [2.75, 3.05) is 6.54 Å². The van der Waals surface area contributed by atoms with E-state index in [-0.39, 0.29) is 5.75 Å². The number of benzene rings is 1. The maximum absolute atomic E-state index is 9.24. The third-order valence-corrected chi connectivity index (χ3v) is 2.83. The highest BCUT2D eigenvalue weighted by Gasteiger charge is 2.01. The first-order chi connectivity index (χ1) is 7.13. The second kappa shape index (κ2) is 5.99. The molecule has 0 aliphatic heterocycles. The van der Waals surface area contributed by atoms with Crippen LogP contribution in [-0.2, 0) is 6.54 Å². The lowest BCUT2D eigenvalue weighted by molar-refractivity contribution is 0.474. The first-order valence-corrected chi connectivity index (χ1v) is 5.69. The summed E-state index contributed by atoms with van der Waals surface area (Å²) in [6.45, 7) is 6.21. The summed E-state index contributed by atoms with van der Waals surface area (Å²) >= 11 is 5.80. The minimum atomic E-state index is 0.141. The fourth-order valence-electron chi connectivity index (χ4n) is 1.27. The van der Waals surface area contributed by atoms with E-state index in [1.807, 2.05) is 6.07 Å². The summed E-state index contributed by atoms with van der Waals surface area (Å²) in [4.78, 5) is 0. The normalized spacial score (nSPS) is 12.7. The number of nitrogens with one attached hydrogen (secondary N) is 1. The lowest BCUT2D eigenvalue weighted by atomic mass is 10.1. The summed E-state index contributed by atoms with van der Waals surface area (Å²) < 4.78 is 0. The van der Waals surface area contributed by atoms with Gasteiger partial charge in [-0.2, -0.15) is 0 Å². The fourth-order valence-corrected chi connectivity index (χ4v) is 1.47. The van der Waals surface area contributed by atoms with Crippen LogP contribution in [-0.4, -0.2) is 11.7 Å². The van der Waals surface area contributed by atoms with Crippen LogP contribution in [0.4, 0.5) is 0 Å². The molecule has 2 nitrogen and oxygen atoms in total. The van der Waals surface area contributed by atoms with Crippen molar-refractivity contribution < 1.29 is 5.11 Å². The molecule has 0 saturated carbocycles. The van der Waals surface area contributed by atoms with Gasteiger partial charge in [0.2, 0.25) is 0 Å². The molecule has 15 heavy (non-hydrogen) atoms. The summed E-state index contributed by atoms with van der Waals surface area (Å²) in [6, 6.07) is 5.30. The lowest BCUT2D eigenvalue weighted by Gasteiger charge is -2.10. The third-order valence-electron chi connectivity index (χ3n) is 2.53. The third kappa shape index (κ3) is 4.10. The van der Waals surface area contributed by atoms with Crippen molar-refractivity contribution >= 4 is 11.6 Å². The number of aromatic hydroxyl groups is 1. The quantitative estimate of drug-likeness (QED) is 0.810. The summed E-state index contributed by atoms with van der Waals surface area (Å²) in [6.07, 6.45) is 1.18. The standard InChI is InChI=1S/C12H18ClNO/c1-3-9(2)7-14-8-10-4-5-12(15)11(13)6-10/h4-6,9,14-15H,3,7-8H2,1-2H3. The van der Waals surface area contributed by atoms with Crippen LogP contribution in [0.3, 0.4) is 0 Å². The van der Waals surface area contributed by atoms with Gasteiger partial charge in [0.1, 0.15) is 5.75 Å². The second-order valence-corrected chi connectivity index (χ2v) is 4.34. The average molecular weight is 228 g/mol. The van der Waals surface area contributed by atoms with Crippen LogP contribution < -0.4 is 5.32 Å². The first kappa shape index (κ1) is 12.3. The maximum atomic E-state index is 9.24. The molecule has 0 bridgehead atoms. The molecule has 0 saturated heterocycles. The van der Waals surface area contributed by atoms with Gasteiger partial charge in [-0.25, -0.2) is 0 Å². The summed E-state index contributed by atoms with van der Waals surface area (Å²) in [7, 11) is 0. The monoisotopic (exact) mass is 227 g/mol. The molecule has 1 aromatic carbocycles. The van der Waals surface area contributed by atoms with Gasteiger partial charge < -0.3 is 10.4 Å². The summed E-state index contributed by atoms with van der Waals surface area (Å²) in [5.41, 5.74) is 1.10. The molecule has 2 N–H and O–H groups in total. The van der Waals surface area contributed by atoms with Crippen molar-refractivity contribution in [1.29, 1.82) is 0 Å². The largest absolute Gasteiger partial charge is 0.506 e. The molecule has 0 amide bonds. The predicted octanol–water partition coefficient (Wildman–Crippen LogP) is 3.18. The van der Waals surface area contributed by atoms with E-state index in [0.29, 0.717) is 10.9 Å². The van der Waals surface area contributed by atoms with Crippen molar-refractivity contribution in [2.24, 2.45) is 5.92 Å². The predicted molar refractivity (Wildman–Crippen MR) is 64.3 cm³/mol. The van der Waals surface area contributed by atoms with Crippen molar-refractivity contribution in [3.8, 4) is 5.75 Å². The molecule has 0 aliphatic rings. The van der Waals surface area contributed by atoms with Crippen molar-refractivity contribution in [3.63, 3.8) is 0 Å². The van der Waals surface area contributed by atoms with Crippen molar-refractivity contribution in [3.05, 3.63) is 28.8 Å². The zero-order valence-electron chi connectivity index (χ0n) is 9.26. The highest BCUT2D eigenvalue weighted by molar-refractivity contribution is 6.32. The number of phenolic OH excluding ortho intramolecular Hbond substituents is 1. The SMILES string of the molecule is CCC(C)CNCc1ccc(O)c(Cl)c1. The van der Waals surface area contributed by atoms with E-state index in [1.165, 1.54) is 6.42 Å². The molecular weight excluding hydrogens is 210 g/mol. The zero-order valence-corrected chi connectivity index (χ0v) is 10.0. The molecule has 3 heteroatoms. The van der Waals surface area contributed by atoms with E-state index in [4.69, 9.17) is 11.6 Å². The van der Waals surface area contributed by atoms with Crippen LogP contribution in [0.1, 0.15) is 25.8 Å². The van der Waals surface area contributed by atoms with Gasteiger partial charge in [0, 0.05) is 6.54 Å². The van der Waals surface area contributed by atoms with E-state index < -0.39 is 0 Å². The number of hydrogen-bond donors (Lipinski definition) is 2. The van der Waals surface area contributed by atoms with Gasteiger partial charge >= 0.3 is 0 Å². The molecule has 84 valence electrons. The molecule has 0 fully saturated rings. The zero-order chi connectivity index (χ0) is 11.3. The van der Waals surface area contributed by atoms with Gasteiger partial charge in [-0.15, -0.1) is 0 Å². The van der Waals surface area contributed by atoms with Crippen LogP contribution in [0.15, 0.2) is 18.2 Å². The Morgan fingerprint density at radius 1 is 1.47 bits per heavy atom. The number of halogens is 1. The molecule has 0 spiro atoms. The second-order valence-electron chi connectivity index (χ2n) is 3.93. The van der Waals surface area contributed by atoms with E-state index >= 15 is 0 Å². The summed E-state index contributed by atoms with van der Waals surface area (Å²) in [5.74, 6) is 0.833. The number of rotatable bonds is 5. The highest BCUT2D eigenvalue weighted by atomic mass is 35.5. The fraction of sp³-hybridized carbons (Fsp3) is 0.500. The van der Waals surface area contributed by atoms with Crippen LogP contribution in [0.5, 0.6) is 5.75 Å². The number of hydrogen-bond acceptors (Lipinski definition) is 2. The van der Waals surface area contributed by atoms with E-state index in [2.05, 4.69) is 19.2 Å².